The molecule has 71 heavy (non-hydrogen) atoms. The fraction of sp³-hybridized carbons (Fsp3) is 0.121. The molecule has 11 aromatic rings. The van der Waals surface area contributed by atoms with Crippen molar-refractivity contribution < 1.29 is 4.74 Å². The summed E-state index contributed by atoms with van der Waals surface area (Å²) in [4.78, 5) is 4.93. The number of hydrogen-bond donors (Lipinski definition) is 0. The van der Waals surface area contributed by atoms with E-state index < -0.39 is 0 Å². The van der Waals surface area contributed by atoms with Gasteiger partial charge in [-0.1, -0.05) is 181 Å². The molecule has 2 aliphatic rings. The molecule has 0 atom stereocenters. The van der Waals surface area contributed by atoms with Gasteiger partial charge in [-0.05, 0) is 143 Å². The smallest absolute Gasteiger partial charge is 0.268 e. The van der Waals surface area contributed by atoms with Gasteiger partial charge in [0.15, 0.2) is 0 Å². The summed E-state index contributed by atoms with van der Waals surface area (Å²) in [5, 5.41) is 6.23. The molecule has 2 aliphatic heterocycles. The lowest BCUT2D eigenvalue weighted by Crippen LogP contribution is -2.58. The van der Waals surface area contributed by atoms with Crippen molar-refractivity contribution in [1.29, 1.82) is 0 Å². The average Bonchev–Trinajstić information content (AvgIpc) is 3.77. The molecule has 0 saturated heterocycles. The van der Waals surface area contributed by atoms with Crippen LogP contribution in [0.25, 0.3) is 53.9 Å². The first kappa shape index (κ1) is 43.2. The molecule has 342 valence electrons. The minimum absolute atomic E-state index is 0.0412. The molecule has 10 aromatic carbocycles. The molecule has 13 rings (SSSR count). The number of para-hydroxylation sites is 2. The molecular weight excluding hydrogens is 880 g/mol. The van der Waals surface area contributed by atoms with Crippen molar-refractivity contribution in [2.24, 2.45) is 0 Å². The highest BCUT2D eigenvalue weighted by atomic mass is 32.1. The van der Waals surface area contributed by atoms with E-state index in [2.05, 4.69) is 264 Å². The summed E-state index contributed by atoms with van der Waals surface area (Å²) in [6, 6.07) is 78.3. The second-order valence-electron chi connectivity index (χ2n) is 21.3. The third-order valence-electron chi connectivity index (χ3n) is 14.8. The van der Waals surface area contributed by atoms with E-state index in [1.807, 2.05) is 11.3 Å². The number of rotatable bonds is 6. The molecule has 0 radical (unpaired) electrons. The Kier molecular flexibility index (Phi) is 9.96. The topological polar surface area (TPSA) is 15.7 Å². The lowest BCUT2D eigenvalue weighted by molar-refractivity contribution is 0.483. The molecule has 1 aromatic heterocycles. The molecule has 0 N–H and O–H groups in total. The van der Waals surface area contributed by atoms with E-state index >= 15 is 0 Å². The molecule has 0 unspecified atom stereocenters. The van der Waals surface area contributed by atoms with Crippen LogP contribution >= 0.6 is 11.3 Å². The standard InChI is InChI=1S/C66H53BN2OS/c1-65(2,3)44-31-36-59-54(37-44)63-64(71-59)67-55-35-33-49(68(46-25-15-9-16-26-46)47-27-17-10-18-28-47)41-57(55)70-58-39-45(66(4,5)6)38-56(62(58)67)69(63)48-32-34-52-53(40-48)61(43-23-13-8-14-24-43)51-30-20-19-29-50(51)60(52)42-21-11-7-12-22-42/h7-41H,1-6H3. The average molecular weight is 933 g/mol. The molecule has 0 amide bonds. The van der Waals surface area contributed by atoms with Crippen molar-refractivity contribution in [2.45, 2.75) is 52.4 Å². The molecule has 0 fully saturated rings. The highest BCUT2D eigenvalue weighted by Crippen LogP contribution is 2.51. The van der Waals surface area contributed by atoms with Crippen LogP contribution in [0, 0.1) is 0 Å². The third-order valence-corrected chi connectivity index (χ3v) is 16.0. The monoisotopic (exact) mass is 932 g/mol. The van der Waals surface area contributed by atoms with Gasteiger partial charge in [-0.3, -0.25) is 0 Å². The van der Waals surface area contributed by atoms with Crippen molar-refractivity contribution in [3.8, 4) is 33.8 Å². The maximum absolute atomic E-state index is 7.37. The Morgan fingerprint density at radius 2 is 1.01 bits per heavy atom. The zero-order valence-electron chi connectivity index (χ0n) is 41.0. The van der Waals surface area contributed by atoms with Gasteiger partial charge in [0.05, 0.1) is 5.69 Å². The Morgan fingerprint density at radius 3 is 1.62 bits per heavy atom. The fourth-order valence-electron chi connectivity index (χ4n) is 11.3. The molecule has 0 bridgehead atoms. The maximum atomic E-state index is 7.37. The van der Waals surface area contributed by atoms with Gasteiger partial charge in [-0.15, -0.1) is 11.3 Å². The van der Waals surface area contributed by atoms with E-state index in [1.165, 1.54) is 92.1 Å². The lowest BCUT2D eigenvalue weighted by atomic mass is 9.37. The first-order chi connectivity index (χ1) is 34.5. The molecule has 3 nitrogen and oxygen atoms in total. The van der Waals surface area contributed by atoms with Crippen LogP contribution in [0.15, 0.2) is 212 Å². The molecule has 5 heteroatoms. The first-order valence-corrected chi connectivity index (χ1v) is 25.7. The SMILES string of the molecule is CC(C)(C)c1cc2c3c(c1)N(c1ccc4c(-c5ccccc5)c5ccccc5c(-c5ccccc5)c4c1)c1c(sc4ccc(C(C)(C)C)cc14)B3c1ccc(N(c3ccccc3)c3ccccc3)cc1O2. The Bertz CT molecular complexity index is 3830. The first-order valence-electron chi connectivity index (χ1n) is 24.9. The summed E-state index contributed by atoms with van der Waals surface area (Å²) in [6.07, 6.45) is 0. The molecule has 0 spiro atoms. The van der Waals surface area contributed by atoms with E-state index in [0.717, 1.165) is 34.2 Å². The summed E-state index contributed by atoms with van der Waals surface area (Å²) in [6.45, 7) is 13.9. The lowest BCUT2D eigenvalue weighted by Gasteiger charge is -2.40. The predicted octanol–water partition coefficient (Wildman–Crippen LogP) is 17.0. The molecular formula is C66H53BN2OS. The summed E-state index contributed by atoms with van der Waals surface area (Å²) in [7, 11) is 0. The number of hydrogen-bond acceptors (Lipinski definition) is 4. The number of fused-ring (bicyclic) bond motifs is 8. The van der Waals surface area contributed by atoms with Crippen LogP contribution in [-0.4, -0.2) is 6.71 Å². The van der Waals surface area contributed by atoms with E-state index in [-0.39, 0.29) is 17.5 Å². The molecule has 0 saturated carbocycles. The van der Waals surface area contributed by atoms with Crippen molar-refractivity contribution >= 4 is 99.5 Å². The van der Waals surface area contributed by atoms with Gasteiger partial charge in [0, 0.05) is 49.4 Å². The van der Waals surface area contributed by atoms with Gasteiger partial charge in [-0.2, -0.15) is 0 Å². The van der Waals surface area contributed by atoms with Crippen molar-refractivity contribution in [1.82, 2.24) is 0 Å². The highest BCUT2D eigenvalue weighted by Gasteiger charge is 2.45. The van der Waals surface area contributed by atoms with Gasteiger partial charge >= 0.3 is 0 Å². The molecule has 3 heterocycles. The van der Waals surface area contributed by atoms with Crippen LogP contribution in [0.2, 0.25) is 0 Å². The minimum Gasteiger partial charge on any atom is -0.458 e. The second-order valence-corrected chi connectivity index (χ2v) is 22.4. The molecule has 0 aliphatic carbocycles. The summed E-state index contributed by atoms with van der Waals surface area (Å²) < 4.78 is 9.98. The van der Waals surface area contributed by atoms with Gasteiger partial charge in [-0.25, -0.2) is 0 Å². The normalized spacial score (nSPS) is 13.0. The number of ether oxygens (including phenoxy) is 1. The second kappa shape index (κ2) is 16.4. The van der Waals surface area contributed by atoms with Gasteiger partial charge in [0.2, 0.25) is 0 Å². The minimum atomic E-state index is -0.167. The Morgan fingerprint density at radius 1 is 0.451 bits per heavy atom. The number of anilines is 6. The van der Waals surface area contributed by atoms with E-state index in [4.69, 9.17) is 4.74 Å². The summed E-state index contributed by atoms with van der Waals surface area (Å²) >= 11 is 1.93. The Balaban J connectivity index is 1.10. The van der Waals surface area contributed by atoms with E-state index in [0.29, 0.717) is 0 Å². The van der Waals surface area contributed by atoms with Crippen molar-refractivity contribution in [2.75, 3.05) is 9.80 Å². The summed E-state index contributed by atoms with van der Waals surface area (Å²) in [5.74, 6) is 1.80. The number of benzene rings is 10. The zero-order valence-corrected chi connectivity index (χ0v) is 41.8. The zero-order chi connectivity index (χ0) is 48.2. The number of thiophene rings is 1. The van der Waals surface area contributed by atoms with E-state index in [9.17, 15) is 0 Å². The predicted molar refractivity (Wildman–Crippen MR) is 306 cm³/mol. The van der Waals surface area contributed by atoms with Gasteiger partial charge < -0.3 is 14.5 Å². The largest absolute Gasteiger partial charge is 0.458 e. The van der Waals surface area contributed by atoms with Crippen LogP contribution < -0.4 is 30.2 Å². The van der Waals surface area contributed by atoms with E-state index in [1.54, 1.807) is 0 Å². The van der Waals surface area contributed by atoms with Crippen LogP contribution in [-0.2, 0) is 10.8 Å². The van der Waals surface area contributed by atoms with Crippen molar-refractivity contribution in [3.63, 3.8) is 0 Å². The third kappa shape index (κ3) is 7.08. The van der Waals surface area contributed by atoms with Gasteiger partial charge in [0.1, 0.15) is 11.5 Å². The maximum Gasteiger partial charge on any atom is 0.268 e. The fourth-order valence-corrected chi connectivity index (χ4v) is 12.6. The summed E-state index contributed by atoms with van der Waals surface area (Å²) in [5.41, 5.74) is 16.4. The van der Waals surface area contributed by atoms with Crippen LogP contribution in [0.1, 0.15) is 52.7 Å². The van der Waals surface area contributed by atoms with Crippen LogP contribution in [0.5, 0.6) is 11.5 Å². The Hall–Kier alpha value is -7.86. The Labute approximate surface area is 421 Å². The van der Waals surface area contributed by atoms with Crippen molar-refractivity contribution in [3.05, 3.63) is 223 Å². The van der Waals surface area contributed by atoms with Crippen LogP contribution in [0.3, 0.4) is 0 Å². The highest BCUT2D eigenvalue weighted by molar-refractivity contribution is 7.33. The van der Waals surface area contributed by atoms with Gasteiger partial charge in [0.25, 0.3) is 6.71 Å². The number of nitrogens with zero attached hydrogens (tertiary/aromatic N) is 2. The van der Waals surface area contributed by atoms with Crippen LogP contribution in [0.4, 0.5) is 34.1 Å². The quantitative estimate of drug-likeness (QED) is 0.122.